The molecule has 16 heavy (non-hydrogen) atoms. The molecule has 0 saturated carbocycles. The molecule has 0 aliphatic carbocycles. The van der Waals surface area contributed by atoms with Gasteiger partial charge in [0.2, 0.25) is 5.91 Å². The summed E-state index contributed by atoms with van der Waals surface area (Å²) < 4.78 is 5.11. The van der Waals surface area contributed by atoms with E-state index in [1.807, 2.05) is 6.92 Å². The minimum absolute atomic E-state index is 0.236. The summed E-state index contributed by atoms with van der Waals surface area (Å²) in [5.41, 5.74) is -0.815. The van der Waals surface area contributed by atoms with Gasteiger partial charge < -0.3 is 20.3 Å². The first-order valence-electron chi connectivity index (χ1n) is 5.60. The smallest absolute Gasteiger partial charge is 0.249 e. The predicted molar refractivity (Wildman–Crippen MR) is 61.0 cm³/mol. The van der Waals surface area contributed by atoms with Crippen LogP contribution < -0.4 is 5.32 Å². The Hall–Kier alpha value is -0.650. The van der Waals surface area contributed by atoms with Gasteiger partial charge in [-0.25, -0.2) is 0 Å². The van der Waals surface area contributed by atoms with Crippen molar-refractivity contribution in [1.29, 1.82) is 0 Å². The summed E-state index contributed by atoms with van der Waals surface area (Å²) in [6.07, 6.45) is -0.476. The molecule has 0 aliphatic rings. The Labute approximate surface area is 96.8 Å². The number of carbonyl (C=O) groups is 1. The highest BCUT2D eigenvalue weighted by Crippen LogP contribution is 2.19. The molecule has 0 aromatic carbocycles. The zero-order chi connectivity index (χ0) is 12.6. The first-order valence-corrected chi connectivity index (χ1v) is 5.60. The van der Waals surface area contributed by atoms with Crippen molar-refractivity contribution in [2.45, 2.75) is 33.3 Å². The van der Waals surface area contributed by atoms with Crippen LogP contribution in [0.5, 0.6) is 0 Å². The average molecular weight is 233 g/mol. The minimum Gasteiger partial charge on any atom is -0.396 e. The molecule has 0 heterocycles. The lowest BCUT2D eigenvalue weighted by atomic mass is 9.87. The van der Waals surface area contributed by atoms with E-state index < -0.39 is 17.4 Å². The molecular formula is C11H23NO4. The Morgan fingerprint density at radius 2 is 2.12 bits per heavy atom. The summed E-state index contributed by atoms with van der Waals surface area (Å²) in [5, 5.41) is 21.2. The van der Waals surface area contributed by atoms with E-state index in [-0.39, 0.29) is 6.61 Å². The first-order chi connectivity index (χ1) is 7.45. The van der Waals surface area contributed by atoms with Crippen molar-refractivity contribution in [1.82, 2.24) is 5.32 Å². The quantitative estimate of drug-likeness (QED) is 0.512. The van der Waals surface area contributed by atoms with Gasteiger partial charge in [-0.2, -0.15) is 0 Å². The highest BCUT2D eigenvalue weighted by Gasteiger charge is 2.32. The second-order valence-corrected chi connectivity index (χ2v) is 4.39. The molecule has 0 aromatic heterocycles. The number of hydrogen-bond acceptors (Lipinski definition) is 4. The van der Waals surface area contributed by atoms with Gasteiger partial charge in [-0.15, -0.1) is 0 Å². The third-order valence-corrected chi connectivity index (χ3v) is 2.36. The van der Waals surface area contributed by atoms with E-state index in [1.165, 1.54) is 0 Å². The van der Waals surface area contributed by atoms with Crippen LogP contribution in [-0.2, 0) is 9.53 Å². The predicted octanol–water partition coefficient (Wildman–Crippen LogP) is -0.0914. The molecule has 0 fully saturated rings. The summed E-state index contributed by atoms with van der Waals surface area (Å²) in [6.45, 7) is 6.67. The zero-order valence-electron chi connectivity index (χ0n) is 10.3. The number of aliphatic hydroxyl groups excluding tert-OH is 2. The van der Waals surface area contributed by atoms with Gasteiger partial charge in [-0.3, -0.25) is 4.79 Å². The molecule has 0 radical (unpaired) electrons. The van der Waals surface area contributed by atoms with Gasteiger partial charge in [0.1, 0.15) is 6.10 Å². The fraction of sp³-hybridized carbons (Fsp3) is 0.909. The lowest BCUT2D eigenvalue weighted by Crippen LogP contribution is -2.45. The Bertz CT molecular complexity index is 206. The third-order valence-electron chi connectivity index (χ3n) is 2.36. The van der Waals surface area contributed by atoms with Gasteiger partial charge in [0, 0.05) is 25.2 Å². The SMILES string of the molecule is CCOCCCNC(=O)[C@H](O)C(C)(C)CO. The normalized spacial score (nSPS) is 13.6. The molecule has 5 nitrogen and oxygen atoms in total. The number of carbonyl (C=O) groups excluding carboxylic acids is 1. The fourth-order valence-corrected chi connectivity index (χ4v) is 1.07. The molecule has 0 bridgehead atoms. The summed E-state index contributed by atoms with van der Waals surface area (Å²) in [6, 6.07) is 0. The summed E-state index contributed by atoms with van der Waals surface area (Å²) >= 11 is 0. The molecule has 3 N–H and O–H groups in total. The van der Waals surface area contributed by atoms with Crippen LogP contribution in [0.15, 0.2) is 0 Å². The Morgan fingerprint density at radius 3 is 2.62 bits per heavy atom. The summed E-state index contributed by atoms with van der Waals surface area (Å²) in [7, 11) is 0. The van der Waals surface area contributed by atoms with Crippen LogP contribution in [0, 0.1) is 5.41 Å². The zero-order valence-corrected chi connectivity index (χ0v) is 10.3. The number of hydrogen-bond donors (Lipinski definition) is 3. The monoisotopic (exact) mass is 233 g/mol. The van der Waals surface area contributed by atoms with Gasteiger partial charge in [-0.05, 0) is 13.3 Å². The molecule has 1 atom stereocenters. The number of nitrogens with one attached hydrogen (secondary N) is 1. The van der Waals surface area contributed by atoms with Crippen molar-refractivity contribution in [3.05, 3.63) is 0 Å². The van der Waals surface area contributed by atoms with E-state index in [9.17, 15) is 9.90 Å². The standard InChI is InChI=1S/C11H23NO4/c1-4-16-7-5-6-12-10(15)9(14)11(2,3)8-13/h9,13-14H,4-8H2,1-3H3,(H,12,15)/t9-/m0/s1. The molecule has 5 heteroatoms. The van der Waals surface area contributed by atoms with Crippen LogP contribution in [0.3, 0.4) is 0 Å². The number of aliphatic hydroxyl groups is 2. The minimum atomic E-state index is -1.19. The Balaban J connectivity index is 3.80. The average Bonchev–Trinajstić information content (AvgIpc) is 2.27. The number of ether oxygens (including phenoxy) is 1. The Morgan fingerprint density at radius 1 is 1.50 bits per heavy atom. The van der Waals surface area contributed by atoms with E-state index in [0.717, 1.165) is 0 Å². The summed E-state index contributed by atoms with van der Waals surface area (Å²) in [5.74, 6) is -0.449. The topological polar surface area (TPSA) is 78.8 Å². The Kier molecular flexibility index (Phi) is 7.29. The van der Waals surface area contributed by atoms with Gasteiger partial charge in [0.25, 0.3) is 0 Å². The van der Waals surface area contributed by atoms with Gasteiger partial charge in [-0.1, -0.05) is 13.8 Å². The maximum Gasteiger partial charge on any atom is 0.249 e. The molecule has 1 amide bonds. The van der Waals surface area contributed by atoms with Crippen molar-refractivity contribution in [2.75, 3.05) is 26.4 Å². The largest absolute Gasteiger partial charge is 0.396 e. The van der Waals surface area contributed by atoms with Crippen LogP contribution >= 0.6 is 0 Å². The highest BCUT2D eigenvalue weighted by molar-refractivity contribution is 5.81. The van der Waals surface area contributed by atoms with Crippen molar-refractivity contribution in [3.8, 4) is 0 Å². The van der Waals surface area contributed by atoms with Crippen molar-refractivity contribution < 1.29 is 19.7 Å². The molecule has 0 aliphatic heterocycles. The van der Waals surface area contributed by atoms with E-state index in [0.29, 0.717) is 26.2 Å². The lowest BCUT2D eigenvalue weighted by Gasteiger charge is -2.27. The van der Waals surface area contributed by atoms with Gasteiger partial charge >= 0.3 is 0 Å². The molecular weight excluding hydrogens is 210 g/mol. The van der Waals surface area contributed by atoms with Crippen molar-refractivity contribution >= 4 is 5.91 Å². The maximum atomic E-state index is 11.5. The number of amides is 1. The van der Waals surface area contributed by atoms with Crippen LogP contribution in [0.1, 0.15) is 27.2 Å². The molecule has 0 rings (SSSR count). The fourth-order valence-electron chi connectivity index (χ4n) is 1.07. The van der Waals surface area contributed by atoms with Crippen molar-refractivity contribution in [3.63, 3.8) is 0 Å². The van der Waals surface area contributed by atoms with E-state index in [1.54, 1.807) is 13.8 Å². The number of rotatable bonds is 8. The molecule has 0 saturated heterocycles. The second kappa shape index (κ2) is 7.60. The van der Waals surface area contributed by atoms with Crippen LogP contribution in [0.25, 0.3) is 0 Å². The molecule has 96 valence electrons. The molecule has 0 spiro atoms. The highest BCUT2D eigenvalue weighted by atomic mass is 16.5. The van der Waals surface area contributed by atoms with Gasteiger partial charge in [0.15, 0.2) is 0 Å². The lowest BCUT2D eigenvalue weighted by molar-refractivity contribution is -0.137. The first kappa shape index (κ1) is 15.3. The van der Waals surface area contributed by atoms with Gasteiger partial charge in [0.05, 0.1) is 6.61 Å². The van der Waals surface area contributed by atoms with E-state index in [2.05, 4.69) is 5.32 Å². The van der Waals surface area contributed by atoms with E-state index in [4.69, 9.17) is 9.84 Å². The van der Waals surface area contributed by atoms with Crippen LogP contribution in [-0.4, -0.2) is 48.6 Å². The maximum absolute atomic E-state index is 11.5. The second-order valence-electron chi connectivity index (χ2n) is 4.39. The third kappa shape index (κ3) is 5.44. The van der Waals surface area contributed by atoms with Crippen molar-refractivity contribution in [2.24, 2.45) is 5.41 Å². The van der Waals surface area contributed by atoms with Crippen LogP contribution in [0.4, 0.5) is 0 Å². The molecule has 0 aromatic rings. The summed E-state index contributed by atoms with van der Waals surface area (Å²) in [4.78, 5) is 11.5. The van der Waals surface area contributed by atoms with E-state index >= 15 is 0 Å². The van der Waals surface area contributed by atoms with Crippen LogP contribution in [0.2, 0.25) is 0 Å². The molecule has 0 unspecified atom stereocenters.